The summed E-state index contributed by atoms with van der Waals surface area (Å²) in [5, 5.41) is 16.3. The van der Waals surface area contributed by atoms with Crippen molar-refractivity contribution in [1.82, 2.24) is 15.1 Å². The highest BCUT2D eigenvalue weighted by molar-refractivity contribution is 5.33. The van der Waals surface area contributed by atoms with Crippen LogP contribution in [0.25, 0.3) is 0 Å². The molecule has 19 heavy (non-hydrogen) atoms. The highest BCUT2D eigenvalue weighted by atomic mass is 19.1. The van der Waals surface area contributed by atoms with Gasteiger partial charge in [0.2, 0.25) is 0 Å². The van der Waals surface area contributed by atoms with E-state index < -0.39 is 0 Å². The minimum atomic E-state index is -0.381. The molecule has 98 valence electrons. The Kier molecular flexibility index (Phi) is 3.93. The largest absolute Gasteiger partial charge is 0.308 e. The van der Waals surface area contributed by atoms with E-state index in [1.54, 1.807) is 10.7 Å². The summed E-state index contributed by atoms with van der Waals surface area (Å²) in [5.74, 6) is -0.381. The number of halogens is 1. The van der Waals surface area contributed by atoms with E-state index in [-0.39, 0.29) is 5.82 Å². The maximum atomic E-state index is 13.2. The van der Waals surface area contributed by atoms with Gasteiger partial charge in [-0.05, 0) is 30.7 Å². The number of aryl methyl sites for hydroxylation is 2. The third kappa shape index (κ3) is 3.39. The van der Waals surface area contributed by atoms with Gasteiger partial charge in [0.05, 0.1) is 17.3 Å². The third-order valence-corrected chi connectivity index (χ3v) is 2.85. The Balaban J connectivity index is 1.98. The number of nitrogens with zero attached hydrogens (tertiary/aromatic N) is 3. The first-order chi connectivity index (χ1) is 9.08. The van der Waals surface area contributed by atoms with Crippen molar-refractivity contribution in [3.05, 3.63) is 52.6 Å². The second-order valence-corrected chi connectivity index (χ2v) is 4.48. The molecule has 0 unspecified atom stereocenters. The van der Waals surface area contributed by atoms with Crippen LogP contribution in [0.3, 0.4) is 0 Å². The average Bonchev–Trinajstić information content (AvgIpc) is 2.67. The molecule has 2 aromatic rings. The molecule has 0 aliphatic heterocycles. The fourth-order valence-electron chi connectivity index (χ4n) is 1.98. The summed E-state index contributed by atoms with van der Waals surface area (Å²) in [7, 11) is 1.88. The van der Waals surface area contributed by atoms with Crippen LogP contribution in [0.5, 0.6) is 0 Å². The monoisotopic (exact) mass is 258 g/mol. The third-order valence-electron chi connectivity index (χ3n) is 2.85. The second-order valence-electron chi connectivity index (χ2n) is 4.48. The predicted octanol–water partition coefficient (Wildman–Crippen LogP) is 2.03. The molecule has 0 amide bonds. The standard InChI is InChI=1S/C14H15FN4/c1-10-13(9-19(2)18-10)8-17-7-12-3-11(6-16)4-14(15)5-12/h3-5,9,17H,7-8H2,1-2H3. The van der Waals surface area contributed by atoms with E-state index in [9.17, 15) is 4.39 Å². The molecule has 1 N–H and O–H groups in total. The fourth-order valence-corrected chi connectivity index (χ4v) is 1.98. The number of aromatic nitrogens is 2. The maximum absolute atomic E-state index is 13.2. The lowest BCUT2D eigenvalue weighted by Gasteiger charge is -2.05. The van der Waals surface area contributed by atoms with Gasteiger partial charge >= 0.3 is 0 Å². The van der Waals surface area contributed by atoms with Crippen molar-refractivity contribution in [2.45, 2.75) is 20.0 Å². The highest BCUT2D eigenvalue weighted by Crippen LogP contribution is 2.09. The number of hydrogen-bond donors (Lipinski definition) is 1. The molecule has 0 atom stereocenters. The Hall–Kier alpha value is -2.19. The van der Waals surface area contributed by atoms with Gasteiger partial charge in [0.1, 0.15) is 5.82 Å². The summed E-state index contributed by atoms with van der Waals surface area (Å²) in [6, 6.07) is 6.30. The molecule has 0 saturated carbocycles. The van der Waals surface area contributed by atoms with Crippen molar-refractivity contribution >= 4 is 0 Å². The predicted molar refractivity (Wildman–Crippen MR) is 69.6 cm³/mol. The van der Waals surface area contributed by atoms with E-state index >= 15 is 0 Å². The van der Waals surface area contributed by atoms with Crippen LogP contribution in [0.2, 0.25) is 0 Å². The van der Waals surface area contributed by atoms with Crippen LogP contribution in [0.15, 0.2) is 24.4 Å². The van der Waals surface area contributed by atoms with Gasteiger partial charge in [0.25, 0.3) is 0 Å². The first-order valence-corrected chi connectivity index (χ1v) is 5.98. The van der Waals surface area contributed by atoms with Crippen LogP contribution in [0.4, 0.5) is 4.39 Å². The lowest BCUT2D eigenvalue weighted by Crippen LogP contribution is -2.13. The van der Waals surface area contributed by atoms with Crippen molar-refractivity contribution in [1.29, 1.82) is 5.26 Å². The Morgan fingerprint density at radius 2 is 2.16 bits per heavy atom. The van der Waals surface area contributed by atoms with Crippen molar-refractivity contribution in [2.75, 3.05) is 0 Å². The Morgan fingerprint density at radius 1 is 1.37 bits per heavy atom. The lowest BCUT2D eigenvalue weighted by molar-refractivity contribution is 0.619. The minimum absolute atomic E-state index is 0.342. The molecule has 4 nitrogen and oxygen atoms in total. The smallest absolute Gasteiger partial charge is 0.124 e. The van der Waals surface area contributed by atoms with E-state index in [4.69, 9.17) is 5.26 Å². The van der Waals surface area contributed by atoms with Crippen molar-refractivity contribution in [2.24, 2.45) is 7.05 Å². The first-order valence-electron chi connectivity index (χ1n) is 5.98. The molecule has 0 bridgehead atoms. The summed E-state index contributed by atoms with van der Waals surface area (Å²) in [6.45, 7) is 3.13. The normalized spacial score (nSPS) is 10.4. The van der Waals surface area contributed by atoms with Gasteiger partial charge < -0.3 is 5.32 Å². The summed E-state index contributed by atoms with van der Waals surface area (Å²) in [5.41, 5.74) is 3.19. The molecule has 0 aliphatic carbocycles. The van der Waals surface area contributed by atoms with Crippen LogP contribution < -0.4 is 5.32 Å². The van der Waals surface area contributed by atoms with Crippen LogP contribution in [0.1, 0.15) is 22.4 Å². The van der Waals surface area contributed by atoms with E-state index in [1.165, 1.54) is 12.1 Å². The summed E-state index contributed by atoms with van der Waals surface area (Å²) in [6.07, 6.45) is 1.95. The highest BCUT2D eigenvalue weighted by Gasteiger charge is 2.04. The quantitative estimate of drug-likeness (QED) is 0.913. The van der Waals surface area contributed by atoms with E-state index in [2.05, 4.69) is 10.4 Å². The minimum Gasteiger partial charge on any atom is -0.308 e. The Morgan fingerprint density at radius 3 is 2.79 bits per heavy atom. The number of benzene rings is 1. The SMILES string of the molecule is Cc1nn(C)cc1CNCc1cc(F)cc(C#N)c1. The zero-order valence-corrected chi connectivity index (χ0v) is 10.9. The average molecular weight is 258 g/mol. The van der Waals surface area contributed by atoms with E-state index in [0.717, 1.165) is 16.8 Å². The van der Waals surface area contributed by atoms with Crippen LogP contribution >= 0.6 is 0 Å². The molecular weight excluding hydrogens is 243 g/mol. The number of nitriles is 1. The summed E-state index contributed by atoms with van der Waals surface area (Å²) < 4.78 is 15.0. The molecule has 1 heterocycles. The molecule has 1 aromatic heterocycles. The van der Waals surface area contributed by atoms with Crippen molar-refractivity contribution in [3.8, 4) is 6.07 Å². The molecule has 1 aromatic carbocycles. The molecule has 0 fully saturated rings. The summed E-state index contributed by atoms with van der Waals surface area (Å²) in [4.78, 5) is 0. The first kappa shape index (κ1) is 13.2. The lowest BCUT2D eigenvalue weighted by atomic mass is 10.1. The summed E-state index contributed by atoms with van der Waals surface area (Å²) >= 11 is 0. The fraction of sp³-hybridized carbons (Fsp3) is 0.286. The van der Waals surface area contributed by atoms with Gasteiger partial charge in [-0.3, -0.25) is 4.68 Å². The van der Waals surface area contributed by atoms with Gasteiger partial charge in [0, 0.05) is 31.9 Å². The van der Waals surface area contributed by atoms with Gasteiger partial charge in [-0.25, -0.2) is 4.39 Å². The molecule has 2 rings (SSSR count). The van der Waals surface area contributed by atoms with Gasteiger partial charge in [-0.2, -0.15) is 10.4 Å². The van der Waals surface area contributed by atoms with Crippen LogP contribution in [-0.4, -0.2) is 9.78 Å². The molecule has 0 aliphatic rings. The Labute approximate surface area is 111 Å². The van der Waals surface area contributed by atoms with Crippen molar-refractivity contribution in [3.63, 3.8) is 0 Å². The van der Waals surface area contributed by atoms with Crippen molar-refractivity contribution < 1.29 is 4.39 Å². The molecule has 0 saturated heterocycles. The molecule has 5 heteroatoms. The van der Waals surface area contributed by atoms with E-state index in [0.29, 0.717) is 18.7 Å². The number of rotatable bonds is 4. The Bertz CT molecular complexity index is 625. The topological polar surface area (TPSA) is 53.6 Å². The van der Waals surface area contributed by atoms with Gasteiger partial charge in [-0.1, -0.05) is 0 Å². The number of hydrogen-bond acceptors (Lipinski definition) is 3. The zero-order valence-electron chi connectivity index (χ0n) is 10.9. The second kappa shape index (κ2) is 5.63. The van der Waals surface area contributed by atoms with Gasteiger partial charge in [-0.15, -0.1) is 0 Å². The number of nitrogens with one attached hydrogen (secondary N) is 1. The van der Waals surface area contributed by atoms with Gasteiger partial charge in [0.15, 0.2) is 0 Å². The molecular formula is C14H15FN4. The maximum Gasteiger partial charge on any atom is 0.124 e. The zero-order chi connectivity index (χ0) is 13.8. The molecule has 0 spiro atoms. The molecule has 0 radical (unpaired) electrons. The van der Waals surface area contributed by atoms with E-state index in [1.807, 2.05) is 26.2 Å². The van der Waals surface area contributed by atoms with Crippen LogP contribution in [0, 0.1) is 24.1 Å². The van der Waals surface area contributed by atoms with Crippen LogP contribution in [-0.2, 0) is 20.1 Å².